The summed E-state index contributed by atoms with van der Waals surface area (Å²) in [4.78, 5) is 11.4. The third kappa shape index (κ3) is 3.08. The average molecular weight is 222 g/mol. The van der Waals surface area contributed by atoms with Crippen molar-refractivity contribution >= 4 is 18.6 Å². The van der Waals surface area contributed by atoms with Gasteiger partial charge in [-0.3, -0.25) is 0 Å². The Kier molecular flexibility index (Phi) is 5.02. The number of esters is 1. The summed E-state index contributed by atoms with van der Waals surface area (Å²) in [6.45, 7) is 2.15. The fraction of sp³-hybridized carbons (Fsp3) is 0.364. The van der Waals surface area contributed by atoms with E-state index in [-0.39, 0.29) is 5.97 Å². The fourth-order valence-corrected chi connectivity index (χ4v) is 1.36. The van der Waals surface area contributed by atoms with E-state index >= 15 is 0 Å². The minimum atomic E-state index is -0.406. The van der Waals surface area contributed by atoms with Crippen LogP contribution in [0.15, 0.2) is 24.3 Å². The molecule has 0 N–H and O–H groups in total. The van der Waals surface area contributed by atoms with Gasteiger partial charge in [0, 0.05) is 14.2 Å². The van der Waals surface area contributed by atoms with Gasteiger partial charge in [-0.1, -0.05) is 12.1 Å². The van der Waals surface area contributed by atoms with Gasteiger partial charge >= 0.3 is 13.1 Å². The maximum Gasteiger partial charge on any atom is 0.493 e. The lowest BCUT2D eigenvalue weighted by molar-refractivity contribution is 0.0526. The van der Waals surface area contributed by atoms with Crippen LogP contribution in [0.1, 0.15) is 17.3 Å². The van der Waals surface area contributed by atoms with E-state index in [2.05, 4.69) is 0 Å². The summed E-state index contributed by atoms with van der Waals surface area (Å²) in [5.74, 6) is -0.319. The summed E-state index contributed by atoms with van der Waals surface area (Å²) in [5.41, 5.74) is 1.38. The van der Waals surface area contributed by atoms with Crippen LogP contribution in [0.4, 0.5) is 0 Å². The van der Waals surface area contributed by atoms with Gasteiger partial charge in [-0.05, 0) is 24.5 Å². The summed E-state index contributed by atoms with van der Waals surface area (Å²) in [6, 6.07) is 6.95. The maximum absolute atomic E-state index is 11.4. The first kappa shape index (κ1) is 12.7. The Balaban J connectivity index is 2.78. The van der Waals surface area contributed by atoms with E-state index in [0.29, 0.717) is 12.2 Å². The Morgan fingerprint density at radius 1 is 1.19 bits per heavy atom. The van der Waals surface area contributed by atoms with Crippen molar-refractivity contribution < 1.29 is 18.8 Å². The molecular formula is C11H15BO4. The summed E-state index contributed by atoms with van der Waals surface area (Å²) in [5, 5.41) is 0. The van der Waals surface area contributed by atoms with Crippen molar-refractivity contribution in [1.29, 1.82) is 0 Å². The number of benzene rings is 1. The molecule has 0 saturated carbocycles. The van der Waals surface area contributed by atoms with Gasteiger partial charge in [-0.2, -0.15) is 0 Å². The van der Waals surface area contributed by atoms with Crippen LogP contribution in [-0.4, -0.2) is 33.9 Å². The molecular weight excluding hydrogens is 207 g/mol. The second-order valence-corrected chi connectivity index (χ2v) is 3.15. The fourth-order valence-electron chi connectivity index (χ4n) is 1.36. The van der Waals surface area contributed by atoms with Gasteiger partial charge in [0.25, 0.3) is 0 Å². The van der Waals surface area contributed by atoms with E-state index in [1.807, 2.05) is 0 Å². The monoisotopic (exact) mass is 222 g/mol. The third-order valence-electron chi connectivity index (χ3n) is 2.12. The molecule has 86 valence electrons. The van der Waals surface area contributed by atoms with Crippen molar-refractivity contribution in [3.8, 4) is 0 Å². The van der Waals surface area contributed by atoms with Gasteiger partial charge in [0.1, 0.15) is 0 Å². The first-order valence-corrected chi connectivity index (χ1v) is 5.05. The van der Waals surface area contributed by atoms with Crippen molar-refractivity contribution in [3.63, 3.8) is 0 Å². The topological polar surface area (TPSA) is 44.8 Å². The number of hydrogen-bond donors (Lipinski definition) is 0. The molecule has 0 amide bonds. The van der Waals surface area contributed by atoms with Crippen LogP contribution in [0.25, 0.3) is 0 Å². The number of rotatable bonds is 5. The summed E-state index contributed by atoms with van der Waals surface area (Å²) in [6.07, 6.45) is 0. The molecule has 0 radical (unpaired) electrons. The molecule has 0 unspecified atom stereocenters. The van der Waals surface area contributed by atoms with E-state index in [4.69, 9.17) is 14.0 Å². The highest BCUT2D eigenvalue weighted by molar-refractivity contribution is 6.61. The van der Waals surface area contributed by atoms with E-state index < -0.39 is 7.12 Å². The highest BCUT2D eigenvalue weighted by Gasteiger charge is 2.18. The molecule has 0 spiro atoms. The van der Waals surface area contributed by atoms with Crippen LogP contribution in [-0.2, 0) is 14.0 Å². The molecule has 0 bridgehead atoms. The molecule has 1 aromatic rings. The molecule has 0 heterocycles. The van der Waals surface area contributed by atoms with Gasteiger partial charge in [0.15, 0.2) is 0 Å². The van der Waals surface area contributed by atoms with E-state index in [1.165, 1.54) is 0 Å². The lowest BCUT2D eigenvalue weighted by Gasteiger charge is -2.09. The van der Waals surface area contributed by atoms with E-state index in [0.717, 1.165) is 5.46 Å². The number of ether oxygens (including phenoxy) is 1. The molecule has 0 aliphatic rings. The SMILES string of the molecule is CCOC(=O)c1ccc(B(OC)OC)cc1. The number of carbonyl (C=O) groups is 1. The molecule has 0 fully saturated rings. The molecule has 0 atom stereocenters. The van der Waals surface area contributed by atoms with Gasteiger partial charge in [0.05, 0.1) is 12.2 Å². The zero-order chi connectivity index (χ0) is 12.0. The molecule has 0 aliphatic carbocycles. The highest BCUT2D eigenvalue weighted by Crippen LogP contribution is 2.01. The van der Waals surface area contributed by atoms with Crippen molar-refractivity contribution in [3.05, 3.63) is 29.8 Å². The molecule has 0 aliphatic heterocycles. The first-order valence-electron chi connectivity index (χ1n) is 5.05. The Morgan fingerprint density at radius 2 is 1.75 bits per heavy atom. The van der Waals surface area contributed by atoms with Gasteiger partial charge in [0.2, 0.25) is 0 Å². The minimum Gasteiger partial charge on any atom is -0.462 e. The number of hydrogen-bond acceptors (Lipinski definition) is 4. The average Bonchev–Trinajstić information content (AvgIpc) is 2.32. The van der Waals surface area contributed by atoms with Crippen LogP contribution in [0.3, 0.4) is 0 Å². The lowest BCUT2D eigenvalue weighted by Crippen LogP contribution is -2.34. The molecule has 1 rings (SSSR count). The zero-order valence-electron chi connectivity index (χ0n) is 9.73. The maximum atomic E-state index is 11.4. The standard InChI is InChI=1S/C11H15BO4/c1-4-16-11(13)9-5-7-10(8-6-9)12(14-2)15-3/h5-8H,4H2,1-3H3. The molecule has 5 heteroatoms. The summed E-state index contributed by atoms with van der Waals surface area (Å²) >= 11 is 0. The van der Waals surface area contributed by atoms with Gasteiger partial charge in [-0.15, -0.1) is 0 Å². The van der Waals surface area contributed by atoms with Gasteiger partial charge in [-0.25, -0.2) is 4.79 Å². The smallest absolute Gasteiger partial charge is 0.462 e. The van der Waals surface area contributed by atoms with Crippen LogP contribution in [0.5, 0.6) is 0 Å². The van der Waals surface area contributed by atoms with Crippen LogP contribution < -0.4 is 5.46 Å². The van der Waals surface area contributed by atoms with Crippen molar-refractivity contribution in [2.45, 2.75) is 6.92 Å². The third-order valence-corrected chi connectivity index (χ3v) is 2.12. The largest absolute Gasteiger partial charge is 0.493 e. The van der Waals surface area contributed by atoms with Crippen LogP contribution >= 0.6 is 0 Å². The molecule has 0 saturated heterocycles. The number of carbonyl (C=O) groups excluding carboxylic acids is 1. The normalized spacial score (nSPS) is 9.94. The Bertz CT molecular complexity index is 332. The summed E-state index contributed by atoms with van der Waals surface area (Å²) < 4.78 is 15.1. The Morgan fingerprint density at radius 3 is 2.19 bits per heavy atom. The summed E-state index contributed by atoms with van der Waals surface area (Å²) in [7, 11) is 2.72. The minimum absolute atomic E-state index is 0.319. The molecule has 1 aromatic carbocycles. The quantitative estimate of drug-likeness (QED) is 0.547. The van der Waals surface area contributed by atoms with Crippen molar-refractivity contribution in [2.75, 3.05) is 20.8 Å². The second kappa shape index (κ2) is 6.30. The van der Waals surface area contributed by atoms with Gasteiger partial charge < -0.3 is 14.0 Å². The van der Waals surface area contributed by atoms with Crippen molar-refractivity contribution in [1.82, 2.24) is 0 Å². The highest BCUT2D eigenvalue weighted by atomic mass is 16.6. The van der Waals surface area contributed by atoms with E-state index in [1.54, 1.807) is 45.4 Å². The molecule has 4 nitrogen and oxygen atoms in total. The lowest BCUT2D eigenvalue weighted by atomic mass is 9.79. The zero-order valence-corrected chi connectivity index (χ0v) is 9.73. The second-order valence-electron chi connectivity index (χ2n) is 3.15. The predicted octanol–water partition coefficient (Wildman–Crippen LogP) is 0.851. The van der Waals surface area contributed by atoms with Crippen molar-refractivity contribution in [2.24, 2.45) is 0 Å². The Labute approximate surface area is 95.7 Å². The van der Waals surface area contributed by atoms with Crippen LogP contribution in [0.2, 0.25) is 0 Å². The predicted molar refractivity (Wildman–Crippen MR) is 61.8 cm³/mol. The van der Waals surface area contributed by atoms with E-state index in [9.17, 15) is 4.79 Å². The van der Waals surface area contributed by atoms with Crippen LogP contribution in [0, 0.1) is 0 Å². The molecule has 0 aromatic heterocycles. The molecule has 16 heavy (non-hydrogen) atoms. The first-order chi connectivity index (χ1) is 7.72. The Hall–Kier alpha value is -1.33.